The van der Waals surface area contributed by atoms with Gasteiger partial charge in [0.15, 0.2) is 0 Å². The van der Waals surface area contributed by atoms with Crippen molar-refractivity contribution in [1.29, 1.82) is 0 Å². The van der Waals surface area contributed by atoms with Gasteiger partial charge in [-0.1, -0.05) is 121 Å². The fourth-order valence-electron chi connectivity index (χ4n) is 4.70. The van der Waals surface area contributed by atoms with Gasteiger partial charge in [-0.2, -0.15) is 0 Å². The molecule has 1 aliphatic heterocycles. The number of anilines is 3. The Morgan fingerprint density at radius 1 is 0.595 bits per heavy atom. The third-order valence-corrected chi connectivity index (χ3v) is 8.45. The van der Waals surface area contributed by atoms with Crippen molar-refractivity contribution < 1.29 is 0 Å². The second kappa shape index (κ2) is 10.3. The highest BCUT2D eigenvalue weighted by Crippen LogP contribution is 2.54. The second-order valence-electron chi connectivity index (χ2n) is 8.81. The highest BCUT2D eigenvalue weighted by molar-refractivity contribution is 9.10. The molecule has 0 N–H and O–H groups in total. The Kier molecular flexibility index (Phi) is 6.57. The molecule has 0 unspecified atom stereocenters. The van der Waals surface area contributed by atoms with Gasteiger partial charge in [0, 0.05) is 14.3 Å². The smallest absolute Gasteiger partial charge is 0.0610 e. The first-order valence-corrected chi connectivity index (χ1v) is 13.8. The molecule has 0 saturated carbocycles. The Morgan fingerprint density at radius 2 is 1.16 bits per heavy atom. The number of hydrogen-bond acceptors (Lipinski definition) is 2. The Hall–Kier alpha value is -3.79. The predicted octanol–water partition coefficient (Wildman–Crippen LogP) is 10.9. The molecule has 1 aliphatic rings. The zero-order valence-electron chi connectivity index (χ0n) is 20.1. The molecule has 0 bridgehead atoms. The van der Waals surface area contributed by atoms with Gasteiger partial charge in [-0.15, -0.1) is 0 Å². The Morgan fingerprint density at radius 3 is 1.70 bits per heavy atom. The zero-order valence-corrected chi connectivity index (χ0v) is 22.5. The van der Waals surface area contributed by atoms with E-state index in [0.717, 1.165) is 15.7 Å². The van der Waals surface area contributed by atoms with E-state index in [4.69, 9.17) is 0 Å². The summed E-state index contributed by atoms with van der Waals surface area (Å²) < 4.78 is 1.05. The lowest BCUT2D eigenvalue weighted by molar-refractivity contribution is 1.16. The summed E-state index contributed by atoms with van der Waals surface area (Å²) in [5.74, 6) is 0. The maximum absolute atomic E-state index is 3.92. The molecule has 5 aromatic carbocycles. The summed E-state index contributed by atoms with van der Waals surface area (Å²) in [4.78, 5) is 4.84. The van der Waals surface area contributed by atoms with Gasteiger partial charge in [0.25, 0.3) is 0 Å². The van der Waals surface area contributed by atoms with Gasteiger partial charge in [-0.25, -0.2) is 0 Å². The Labute approximate surface area is 230 Å². The van der Waals surface area contributed by atoms with Crippen molar-refractivity contribution in [2.24, 2.45) is 0 Å². The van der Waals surface area contributed by atoms with E-state index in [1.165, 1.54) is 43.4 Å². The minimum Gasteiger partial charge on any atom is -0.307 e. The molecule has 0 saturated heterocycles. The van der Waals surface area contributed by atoms with E-state index in [1.807, 2.05) is 17.8 Å². The maximum Gasteiger partial charge on any atom is 0.0610 e. The summed E-state index contributed by atoms with van der Waals surface area (Å²) in [5.41, 5.74) is 9.45. The van der Waals surface area contributed by atoms with Crippen molar-refractivity contribution in [3.63, 3.8) is 0 Å². The van der Waals surface area contributed by atoms with Crippen LogP contribution in [0.2, 0.25) is 0 Å². The minimum absolute atomic E-state index is 1.05. The van der Waals surface area contributed by atoms with Crippen LogP contribution in [0.15, 0.2) is 148 Å². The quantitative estimate of drug-likeness (QED) is 0.194. The van der Waals surface area contributed by atoms with E-state index in [-0.39, 0.29) is 0 Å². The van der Waals surface area contributed by atoms with Crippen molar-refractivity contribution in [3.8, 4) is 22.3 Å². The average molecular weight is 559 g/mol. The summed E-state index contributed by atoms with van der Waals surface area (Å²) in [6, 6.07) is 41.1. The number of halogens is 1. The van der Waals surface area contributed by atoms with E-state index in [1.54, 1.807) is 6.08 Å². The molecule has 0 aromatic heterocycles. The van der Waals surface area contributed by atoms with Crippen LogP contribution in [0.5, 0.6) is 0 Å². The molecule has 1 nitrogen and oxygen atoms in total. The van der Waals surface area contributed by atoms with Crippen LogP contribution in [0.1, 0.15) is 5.56 Å². The first kappa shape index (κ1) is 23.6. The van der Waals surface area contributed by atoms with E-state index < -0.39 is 0 Å². The van der Waals surface area contributed by atoms with Gasteiger partial charge in [0.2, 0.25) is 0 Å². The monoisotopic (exact) mass is 557 g/mol. The van der Waals surface area contributed by atoms with Gasteiger partial charge in [0.05, 0.1) is 17.1 Å². The summed E-state index contributed by atoms with van der Waals surface area (Å²) in [6.07, 6.45) is 5.85. The summed E-state index contributed by atoms with van der Waals surface area (Å²) in [5, 5.41) is 0. The largest absolute Gasteiger partial charge is 0.307 e. The number of hydrogen-bond donors (Lipinski definition) is 0. The fourth-order valence-corrected chi connectivity index (χ4v) is 6.41. The number of rotatable bonds is 5. The average Bonchev–Trinajstić information content (AvgIpc) is 2.96. The van der Waals surface area contributed by atoms with Crippen molar-refractivity contribution >= 4 is 50.8 Å². The lowest BCUT2D eigenvalue weighted by Gasteiger charge is -2.34. The van der Waals surface area contributed by atoms with E-state index in [2.05, 4.69) is 149 Å². The van der Waals surface area contributed by atoms with Crippen LogP contribution in [-0.2, 0) is 0 Å². The molecule has 0 amide bonds. The predicted molar refractivity (Wildman–Crippen MR) is 163 cm³/mol. The Bertz CT molecular complexity index is 1530. The van der Waals surface area contributed by atoms with E-state index in [0.29, 0.717) is 0 Å². The third kappa shape index (κ3) is 4.57. The molecule has 37 heavy (non-hydrogen) atoms. The lowest BCUT2D eigenvalue weighted by atomic mass is 10.0. The molecule has 0 spiro atoms. The van der Waals surface area contributed by atoms with E-state index >= 15 is 0 Å². The summed E-state index contributed by atoms with van der Waals surface area (Å²) in [7, 11) is 0. The fraction of sp³-hybridized carbons (Fsp3) is 0. The molecule has 0 aliphatic carbocycles. The highest BCUT2D eigenvalue weighted by Gasteiger charge is 2.27. The molecule has 178 valence electrons. The molecule has 0 radical (unpaired) electrons. The number of benzene rings is 5. The van der Waals surface area contributed by atoms with Gasteiger partial charge < -0.3 is 4.90 Å². The molecular weight excluding hydrogens is 534 g/mol. The van der Waals surface area contributed by atoms with Crippen molar-refractivity contribution in [2.75, 3.05) is 4.90 Å². The summed E-state index contributed by atoms with van der Waals surface area (Å²) in [6.45, 7) is 3.83. The minimum atomic E-state index is 1.05. The van der Waals surface area contributed by atoms with Crippen LogP contribution in [0.25, 0.3) is 28.3 Å². The number of allylic oxidation sites excluding steroid dienone is 2. The molecule has 0 fully saturated rings. The number of fused-ring (bicyclic) bond motifs is 2. The number of nitrogens with zero attached hydrogens (tertiary/aromatic N) is 1. The Balaban J connectivity index is 1.54. The highest BCUT2D eigenvalue weighted by atomic mass is 79.9. The molecular formula is C34H24BrNS. The van der Waals surface area contributed by atoms with Crippen LogP contribution in [0.3, 0.4) is 0 Å². The van der Waals surface area contributed by atoms with Crippen LogP contribution in [-0.4, -0.2) is 0 Å². The van der Waals surface area contributed by atoms with Crippen molar-refractivity contribution in [3.05, 3.63) is 144 Å². The topological polar surface area (TPSA) is 3.24 Å². The standard InChI is InChI=1S/C34H24BrNS/c1-2-3-11-26-16-10-17-31(34(26)35)36-29-20-18-27(24-12-6-4-7-13-24)22-32(29)37-33-23-28(19-21-30(33)36)25-14-8-5-9-15-25/h2-23H,1H2/b11-3-. The first-order chi connectivity index (χ1) is 18.2. The second-order valence-corrected chi connectivity index (χ2v) is 10.7. The summed E-state index contributed by atoms with van der Waals surface area (Å²) >= 11 is 5.76. The molecule has 1 heterocycles. The van der Waals surface area contributed by atoms with Crippen LogP contribution in [0, 0.1) is 0 Å². The normalized spacial score (nSPS) is 12.3. The van der Waals surface area contributed by atoms with Crippen LogP contribution >= 0.6 is 27.7 Å². The van der Waals surface area contributed by atoms with Gasteiger partial charge >= 0.3 is 0 Å². The first-order valence-electron chi connectivity index (χ1n) is 12.2. The lowest BCUT2D eigenvalue weighted by Crippen LogP contribution is -2.15. The molecule has 5 aromatic rings. The van der Waals surface area contributed by atoms with E-state index in [9.17, 15) is 0 Å². The van der Waals surface area contributed by atoms with Crippen molar-refractivity contribution in [1.82, 2.24) is 0 Å². The third-order valence-electron chi connectivity index (χ3n) is 6.50. The van der Waals surface area contributed by atoms with Crippen molar-refractivity contribution in [2.45, 2.75) is 9.79 Å². The molecule has 3 heteroatoms. The molecule has 6 rings (SSSR count). The maximum atomic E-state index is 3.92. The van der Waals surface area contributed by atoms with Crippen LogP contribution < -0.4 is 4.90 Å². The molecule has 0 atom stereocenters. The van der Waals surface area contributed by atoms with Gasteiger partial charge in [0.1, 0.15) is 0 Å². The van der Waals surface area contributed by atoms with Gasteiger partial charge in [-0.05, 0) is 74.1 Å². The zero-order chi connectivity index (χ0) is 25.2. The van der Waals surface area contributed by atoms with Crippen LogP contribution in [0.4, 0.5) is 17.1 Å². The SMILES string of the molecule is C=C/C=C\c1cccc(N2c3ccc(-c4ccccc4)cc3Sc3cc(-c4ccccc4)ccc32)c1Br. The van der Waals surface area contributed by atoms with Gasteiger partial charge in [-0.3, -0.25) is 0 Å².